The van der Waals surface area contributed by atoms with Crippen molar-refractivity contribution in [1.29, 1.82) is 0 Å². The second-order valence-electron chi connectivity index (χ2n) is 19.0. The summed E-state index contributed by atoms with van der Waals surface area (Å²) in [6.07, 6.45) is 17.5. The zero-order chi connectivity index (χ0) is 35.8. The van der Waals surface area contributed by atoms with E-state index in [1.54, 1.807) is 0 Å². The molecule has 2 aromatic heterocycles. The Hall–Kier alpha value is -1.75. The molecule has 2 aromatic rings. The maximum atomic E-state index is 13.4. The Morgan fingerprint density at radius 3 is 2.16 bits per heavy atom. The van der Waals surface area contributed by atoms with Gasteiger partial charge in [-0.25, -0.2) is 0 Å². The van der Waals surface area contributed by atoms with Crippen LogP contribution in [0.25, 0.3) is 11.0 Å². The minimum absolute atomic E-state index is 0.0109. The van der Waals surface area contributed by atoms with Gasteiger partial charge in [-0.3, -0.25) is 4.79 Å². The van der Waals surface area contributed by atoms with Crippen LogP contribution < -0.4 is 5.32 Å². The van der Waals surface area contributed by atoms with Gasteiger partial charge in [0.2, 0.25) is 11.2 Å². The van der Waals surface area contributed by atoms with Crippen molar-refractivity contribution < 1.29 is 18.4 Å². The number of hydrogen-bond acceptors (Lipinski definition) is 6. The number of nitrogens with zero attached hydrogens (tertiary/aromatic N) is 3. The van der Waals surface area contributed by atoms with E-state index in [-0.39, 0.29) is 34.0 Å². The summed E-state index contributed by atoms with van der Waals surface area (Å²) in [6.45, 7) is 22.5. The highest BCUT2D eigenvalue weighted by Gasteiger charge is 2.55. The number of carbonyl (C=O) groups excluding carboxylic acids is 1. The van der Waals surface area contributed by atoms with Crippen LogP contribution in [-0.4, -0.2) is 55.4 Å². The average Bonchev–Trinajstić information content (AvgIpc) is 3.55. The number of anilines is 1. The molecule has 0 radical (unpaired) electrons. The van der Waals surface area contributed by atoms with Crippen molar-refractivity contribution in [1.82, 2.24) is 14.5 Å². The van der Waals surface area contributed by atoms with Crippen LogP contribution in [-0.2, 0) is 18.4 Å². The highest BCUT2D eigenvalue weighted by atomic mass is 35.5. The smallest absolute Gasteiger partial charge is 0.226 e. The number of carbonyl (C=O) groups is 1. The van der Waals surface area contributed by atoms with Crippen LogP contribution >= 0.6 is 11.6 Å². The van der Waals surface area contributed by atoms with E-state index in [1.807, 2.05) is 16.8 Å². The summed E-state index contributed by atoms with van der Waals surface area (Å²) in [5.74, 6) is 6.03. The molecular formula is C38H59ClN4O4Si2. The summed E-state index contributed by atoms with van der Waals surface area (Å²) in [7, 11) is -4.40. The topological polar surface area (TPSA) is 87.5 Å². The third kappa shape index (κ3) is 7.19. The minimum atomic E-state index is -2.24. The van der Waals surface area contributed by atoms with Gasteiger partial charge in [-0.15, -0.1) is 6.42 Å². The Kier molecular flexibility index (Phi) is 9.62. The lowest BCUT2D eigenvalue weighted by Gasteiger charge is -2.57. The van der Waals surface area contributed by atoms with E-state index in [2.05, 4.69) is 88.9 Å². The Balaban J connectivity index is 1.23. The third-order valence-electron chi connectivity index (χ3n) is 13.4. The molecule has 4 aliphatic carbocycles. The zero-order valence-electron chi connectivity index (χ0n) is 31.5. The molecule has 49 heavy (non-hydrogen) atoms. The Morgan fingerprint density at radius 1 is 1.02 bits per heavy atom. The Labute approximate surface area is 301 Å². The summed E-state index contributed by atoms with van der Waals surface area (Å²) in [5.41, 5.74) is -0.155. The molecule has 1 saturated heterocycles. The predicted molar refractivity (Wildman–Crippen MR) is 203 cm³/mol. The number of ether oxygens (including phenoxy) is 1. The van der Waals surface area contributed by atoms with E-state index >= 15 is 0 Å². The van der Waals surface area contributed by atoms with Crippen LogP contribution in [0.15, 0.2) is 12.3 Å². The first-order chi connectivity index (χ1) is 22.6. The van der Waals surface area contributed by atoms with Gasteiger partial charge in [-0.2, -0.15) is 9.97 Å². The number of terminal acetylenes is 1. The van der Waals surface area contributed by atoms with Crippen molar-refractivity contribution in [3.8, 4) is 12.3 Å². The largest absolute Gasteiger partial charge is 0.413 e. The predicted octanol–water partition coefficient (Wildman–Crippen LogP) is 9.72. The molecule has 4 saturated carbocycles. The van der Waals surface area contributed by atoms with Crippen molar-refractivity contribution in [3.05, 3.63) is 17.5 Å². The molecule has 11 heteroatoms. The van der Waals surface area contributed by atoms with E-state index in [9.17, 15) is 4.79 Å². The van der Waals surface area contributed by atoms with Gasteiger partial charge in [0.25, 0.3) is 0 Å². The molecule has 1 aliphatic heterocycles. The number of nitrogens with one attached hydrogen (secondary N) is 1. The minimum Gasteiger partial charge on any atom is -0.413 e. The average molecular weight is 728 g/mol. The molecule has 270 valence electrons. The summed E-state index contributed by atoms with van der Waals surface area (Å²) < 4.78 is 22.6. The SMILES string of the molecule is C#C[C@]1(CO[Si](C)(C)C(C)(C)C)O[C@@H](n2ccc3c(NC(=O)CCC45CC6CC(CC(C6)C4)C5)nc(Cl)nc32)C[C@@H]1O[Si](C)(C)C(C)(C)C. The molecule has 1 amide bonds. The lowest BCUT2D eigenvalue weighted by atomic mass is 9.48. The summed E-state index contributed by atoms with van der Waals surface area (Å²) in [6, 6.07) is 1.93. The van der Waals surface area contributed by atoms with E-state index in [0.29, 0.717) is 35.1 Å². The summed E-state index contributed by atoms with van der Waals surface area (Å²) >= 11 is 6.53. The van der Waals surface area contributed by atoms with Crippen molar-refractivity contribution in [3.63, 3.8) is 0 Å². The third-order valence-corrected chi connectivity index (χ3v) is 22.5. The Bertz CT molecular complexity index is 1580. The first-order valence-corrected chi connectivity index (χ1v) is 24.7. The quantitative estimate of drug-likeness (QED) is 0.149. The second kappa shape index (κ2) is 12.7. The molecule has 4 bridgehead atoms. The van der Waals surface area contributed by atoms with Crippen LogP contribution in [0, 0.1) is 35.5 Å². The Morgan fingerprint density at radius 2 is 1.61 bits per heavy atom. The molecule has 5 aliphatic rings. The number of aromatic nitrogens is 3. The number of halogens is 1. The lowest BCUT2D eigenvalue weighted by molar-refractivity contribution is -0.118. The summed E-state index contributed by atoms with van der Waals surface area (Å²) in [4.78, 5) is 22.5. The molecule has 0 aromatic carbocycles. The maximum absolute atomic E-state index is 13.4. The highest BCUT2D eigenvalue weighted by Crippen LogP contribution is 2.61. The molecule has 3 heterocycles. The van der Waals surface area contributed by atoms with Gasteiger partial charge < -0.3 is 23.5 Å². The summed E-state index contributed by atoms with van der Waals surface area (Å²) in [5, 5.41) is 3.88. The fourth-order valence-electron chi connectivity index (χ4n) is 8.89. The van der Waals surface area contributed by atoms with Crippen LogP contribution in [0.5, 0.6) is 0 Å². The molecule has 3 atom stereocenters. The highest BCUT2D eigenvalue weighted by molar-refractivity contribution is 6.74. The van der Waals surface area contributed by atoms with Gasteiger partial charge in [0, 0.05) is 19.0 Å². The van der Waals surface area contributed by atoms with Crippen molar-refractivity contribution in [2.75, 3.05) is 11.9 Å². The van der Waals surface area contributed by atoms with Crippen LogP contribution in [0.1, 0.15) is 106 Å². The number of hydrogen-bond donors (Lipinski definition) is 1. The fourth-order valence-corrected chi connectivity index (χ4v) is 11.4. The van der Waals surface area contributed by atoms with Gasteiger partial charge in [-0.05, 0) is 122 Å². The zero-order valence-corrected chi connectivity index (χ0v) is 34.3. The molecule has 0 spiro atoms. The first-order valence-electron chi connectivity index (χ1n) is 18.5. The van der Waals surface area contributed by atoms with Crippen LogP contribution in [0.2, 0.25) is 41.5 Å². The first kappa shape index (κ1) is 37.0. The molecular weight excluding hydrogens is 668 g/mol. The van der Waals surface area contributed by atoms with E-state index in [4.69, 9.17) is 31.6 Å². The lowest BCUT2D eigenvalue weighted by Crippen LogP contribution is -2.54. The van der Waals surface area contributed by atoms with Gasteiger partial charge in [0.1, 0.15) is 17.7 Å². The van der Waals surface area contributed by atoms with Crippen molar-refractivity contribution >= 4 is 51.0 Å². The van der Waals surface area contributed by atoms with Gasteiger partial charge in [0.05, 0.1) is 18.1 Å². The normalized spacial score (nSPS) is 31.8. The molecule has 7 rings (SSSR count). The van der Waals surface area contributed by atoms with Crippen molar-refractivity contribution in [2.45, 2.75) is 154 Å². The monoisotopic (exact) mass is 726 g/mol. The van der Waals surface area contributed by atoms with Crippen molar-refractivity contribution in [2.24, 2.45) is 23.2 Å². The molecule has 5 fully saturated rings. The maximum Gasteiger partial charge on any atom is 0.226 e. The van der Waals surface area contributed by atoms with E-state index < -0.39 is 28.5 Å². The standard InChI is InChI=1S/C38H59ClN4O4Si2/c1-12-38(24-45-48(8,9)35(2,3)4)29(47-49(10,11)36(5,6)7)20-31(46-38)43-16-14-28-32(41-34(39)42-33(28)43)40-30(44)13-15-37-21-25-17-26(22-37)19-27(18-25)23-37/h1,14,16,25-27,29,31H,13,15,17-24H2,2-11H3,(H,40,41,42,44)/t25?,26?,27?,29-,31+,37?,38+/m0/s1. The molecule has 8 nitrogen and oxygen atoms in total. The molecule has 1 N–H and O–H groups in total. The van der Waals surface area contributed by atoms with E-state index in [1.165, 1.54) is 38.5 Å². The molecule has 0 unspecified atom stereocenters. The number of rotatable bonds is 10. The van der Waals surface area contributed by atoms with Crippen LogP contribution in [0.3, 0.4) is 0 Å². The van der Waals surface area contributed by atoms with Gasteiger partial charge in [-0.1, -0.05) is 47.5 Å². The van der Waals surface area contributed by atoms with E-state index in [0.717, 1.165) is 24.2 Å². The van der Waals surface area contributed by atoms with Gasteiger partial charge >= 0.3 is 0 Å². The fraction of sp³-hybridized carbons (Fsp3) is 0.763. The number of amides is 1. The van der Waals surface area contributed by atoms with Crippen LogP contribution in [0.4, 0.5) is 5.82 Å². The number of fused-ring (bicyclic) bond motifs is 1. The second-order valence-corrected chi connectivity index (χ2v) is 28.9. The van der Waals surface area contributed by atoms with Gasteiger partial charge in [0.15, 0.2) is 22.2 Å².